The fraction of sp³-hybridized carbons (Fsp3) is 0.375. The van der Waals surface area contributed by atoms with Crippen molar-refractivity contribution in [3.05, 3.63) is 28.8 Å². The van der Waals surface area contributed by atoms with Crippen LogP contribution in [-0.2, 0) is 24.8 Å². The average Bonchev–Trinajstić information content (AvgIpc) is 3.00. The molecule has 1 fully saturated rings. The molecule has 0 aliphatic carbocycles. The minimum atomic E-state index is -4.14. The monoisotopic (exact) mass is 445 g/mol. The lowest BCUT2D eigenvalue weighted by molar-refractivity contribution is -0.119. The van der Waals surface area contributed by atoms with Gasteiger partial charge in [-0.1, -0.05) is 6.92 Å². The number of anilines is 2. The Morgan fingerprint density at radius 2 is 2.00 bits per heavy atom. The molecule has 1 atom stereocenters. The summed E-state index contributed by atoms with van der Waals surface area (Å²) in [6, 6.07) is 3.76. The van der Waals surface area contributed by atoms with Gasteiger partial charge in [0.2, 0.25) is 15.9 Å². The number of aromatic nitrogens is 1. The third-order valence-corrected chi connectivity index (χ3v) is 8.63. The van der Waals surface area contributed by atoms with Gasteiger partial charge in [0.25, 0.3) is 10.0 Å². The van der Waals surface area contributed by atoms with Gasteiger partial charge in [-0.3, -0.25) is 9.52 Å². The maximum atomic E-state index is 12.9. The first-order valence-electron chi connectivity index (χ1n) is 8.18. The number of carbonyl (C=O) groups excluding carboxylic acids is 1. The normalized spacial score (nSPS) is 19.1. The minimum absolute atomic E-state index is 0.0124. The second-order valence-corrected chi connectivity index (χ2v) is 11.1. The van der Waals surface area contributed by atoms with Crippen molar-refractivity contribution >= 4 is 48.1 Å². The van der Waals surface area contributed by atoms with E-state index in [4.69, 9.17) is 4.74 Å². The van der Waals surface area contributed by atoms with Crippen molar-refractivity contribution < 1.29 is 26.4 Å². The number of aryl methyl sites for hydroxylation is 2. The Morgan fingerprint density at radius 1 is 1.32 bits per heavy atom. The van der Waals surface area contributed by atoms with Crippen LogP contribution < -0.4 is 13.8 Å². The molecule has 1 aromatic heterocycles. The lowest BCUT2D eigenvalue weighted by Gasteiger charge is -2.18. The predicted molar refractivity (Wildman–Crippen MR) is 106 cm³/mol. The number of rotatable bonds is 5. The molecule has 0 spiro atoms. The molecule has 9 nitrogen and oxygen atoms in total. The Kier molecular flexibility index (Phi) is 5.15. The van der Waals surface area contributed by atoms with Crippen molar-refractivity contribution in [2.45, 2.75) is 25.7 Å². The summed E-state index contributed by atoms with van der Waals surface area (Å²) in [6.07, 6.45) is 0. The first-order valence-corrected chi connectivity index (χ1v) is 12.1. The molecule has 1 aromatic carbocycles. The molecule has 152 valence electrons. The molecule has 2 heterocycles. The molecule has 1 saturated heterocycles. The van der Waals surface area contributed by atoms with Crippen molar-refractivity contribution in [1.82, 2.24) is 4.98 Å². The van der Waals surface area contributed by atoms with Crippen LogP contribution in [0.4, 0.5) is 10.8 Å². The van der Waals surface area contributed by atoms with Crippen LogP contribution in [0.15, 0.2) is 23.1 Å². The number of benzene rings is 1. The molecule has 1 N–H and O–H groups in total. The molecule has 0 bridgehead atoms. The number of thiazole rings is 1. The van der Waals surface area contributed by atoms with E-state index in [0.29, 0.717) is 10.00 Å². The van der Waals surface area contributed by atoms with Gasteiger partial charge in [0.1, 0.15) is 10.6 Å². The van der Waals surface area contributed by atoms with Crippen LogP contribution in [-0.4, -0.2) is 40.6 Å². The number of nitrogens with zero attached hydrogens (tertiary/aromatic N) is 2. The standard InChI is InChI=1S/C16H19N3O6S3/c1-9-8-27(21,22)19(15(9)20)12-5-6-13(25-4)14(7-12)28(23,24)18-16-17-10(2)11(3)26-16/h5-7,9H,8H2,1-4H3,(H,17,18). The van der Waals surface area contributed by atoms with Gasteiger partial charge in [0, 0.05) is 4.88 Å². The molecule has 1 aliphatic heterocycles. The summed E-state index contributed by atoms with van der Waals surface area (Å²) in [6.45, 7) is 5.09. The summed E-state index contributed by atoms with van der Waals surface area (Å²) >= 11 is 1.18. The Balaban J connectivity index is 2.08. The smallest absolute Gasteiger partial charge is 0.267 e. The van der Waals surface area contributed by atoms with E-state index in [1.165, 1.54) is 37.5 Å². The van der Waals surface area contributed by atoms with Gasteiger partial charge in [-0.05, 0) is 32.0 Å². The van der Waals surface area contributed by atoms with Crippen LogP contribution in [0.1, 0.15) is 17.5 Å². The van der Waals surface area contributed by atoms with Gasteiger partial charge < -0.3 is 4.74 Å². The quantitative estimate of drug-likeness (QED) is 0.745. The summed E-state index contributed by atoms with van der Waals surface area (Å²) in [5.74, 6) is -1.62. The van der Waals surface area contributed by atoms with Gasteiger partial charge >= 0.3 is 0 Å². The zero-order valence-electron chi connectivity index (χ0n) is 15.6. The van der Waals surface area contributed by atoms with Crippen LogP contribution in [0, 0.1) is 19.8 Å². The molecule has 28 heavy (non-hydrogen) atoms. The number of amides is 1. The SMILES string of the molecule is COc1ccc(N2C(=O)C(C)CS2(=O)=O)cc1S(=O)(=O)Nc1nc(C)c(C)s1. The maximum absolute atomic E-state index is 12.9. The van der Waals surface area contributed by atoms with Crippen molar-refractivity contribution in [3.8, 4) is 5.75 Å². The van der Waals surface area contributed by atoms with E-state index in [1.54, 1.807) is 6.92 Å². The van der Waals surface area contributed by atoms with E-state index in [1.807, 2.05) is 6.92 Å². The number of carbonyl (C=O) groups is 1. The third kappa shape index (κ3) is 3.59. The predicted octanol–water partition coefficient (Wildman–Crippen LogP) is 1.88. The highest BCUT2D eigenvalue weighted by Gasteiger charge is 2.42. The van der Waals surface area contributed by atoms with Gasteiger partial charge in [0.15, 0.2) is 5.13 Å². The van der Waals surface area contributed by atoms with Crippen LogP contribution in [0.2, 0.25) is 0 Å². The third-order valence-electron chi connectivity index (χ3n) is 4.28. The molecule has 12 heteroatoms. The van der Waals surface area contributed by atoms with Gasteiger partial charge in [-0.25, -0.2) is 26.1 Å². The van der Waals surface area contributed by atoms with Gasteiger partial charge in [-0.15, -0.1) is 11.3 Å². The van der Waals surface area contributed by atoms with E-state index >= 15 is 0 Å². The molecule has 0 saturated carbocycles. The maximum Gasteiger partial charge on any atom is 0.267 e. The molecule has 2 aromatic rings. The Labute approximate surface area is 167 Å². The zero-order chi connectivity index (χ0) is 20.9. The molecule has 0 radical (unpaired) electrons. The molecular weight excluding hydrogens is 426 g/mol. The number of ether oxygens (including phenoxy) is 1. The topological polar surface area (TPSA) is 123 Å². The Morgan fingerprint density at radius 3 is 2.50 bits per heavy atom. The van der Waals surface area contributed by atoms with E-state index in [-0.39, 0.29) is 27.2 Å². The van der Waals surface area contributed by atoms with Gasteiger partial charge in [-0.2, -0.15) is 0 Å². The van der Waals surface area contributed by atoms with E-state index in [9.17, 15) is 21.6 Å². The van der Waals surface area contributed by atoms with E-state index < -0.39 is 31.9 Å². The fourth-order valence-corrected chi connectivity index (χ4v) is 6.83. The van der Waals surface area contributed by atoms with Crippen LogP contribution in [0.3, 0.4) is 0 Å². The largest absolute Gasteiger partial charge is 0.495 e. The summed E-state index contributed by atoms with van der Waals surface area (Å²) in [5, 5.41) is 0.181. The number of hydrogen-bond donors (Lipinski definition) is 1. The first-order chi connectivity index (χ1) is 13.0. The molecule has 3 rings (SSSR count). The second-order valence-electron chi connectivity index (χ2n) is 6.38. The highest BCUT2D eigenvalue weighted by Crippen LogP contribution is 2.35. The zero-order valence-corrected chi connectivity index (χ0v) is 18.0. The highest BCUT2D eigenvalue weighted by molar-refractivity contribution is 7.94. The lowest BCUT2D eigenvalue weighted by atomic mass is 10.2. The van der Waals surface area contributed by atoms with Crippen molar-refractivity contribution in [2.24, 2.45) is 5.92 Å². The summed E-state index contributed by atoms with van der Waals surface area (Å²) in [5.41, 5.74) is 0.646. The molecular formula is C16H19N3O6S3. The van der Waals surface area contributed by atoms with E-state index in [0.717, 1.165) is 10.9 Å². The molecule has 1 amide bonds. The first kappa shape index (κ1) is 20.6. The average molecular weight is 446 g/mol. The second kappa shape index (κ2) is 7.01. The lowest BCUT2D eigenvalue weighted by Crippen LogP contribution is -2.30. The van der Waals surface area contributed by atoms with Crippen LogP contribution in [0.5, 0.6) is 5.75 Å². The number of sulfonamides is 2. The fourth-order valence-electron chi connectivity index (χ4n) is 2.77. The summed E-state index contributed by atoms with van der Waals surface area (Å²) in [4.78, 5) is 17.0. The van der Waals surface area contributed by atoms with Gasteiger partial charge in [0.05, 0.1) is 30.2 Å². The summed E-state index contributed by atoms with van der Waals surface area (Å²) in [7, 11) is -6.71. The van der Waals surface area contributed by atoms with E-state index in [2.05, 4.69) is 9.71 Å². The number of nitrogens with one attached hydrogen (secondary N) is 1. The van der Waals surface area contributed by atoms with Crippen LogP contribution >= 0.6 is 11.3 Å². The number of hydrogen-bond acceptors (Lipinski definition) is 8. The minimum Gasteiger partial charge on any atom is -0.495 e. The van der Waals surface area contributed by atoms with Crippen molar-refractivity contribution in [1.29, 1.82) is 0 Å². The summed E-state index contributed by atoms with van der Waals surface area (Å²) < 4.78 is 58.6. The highest BCUT2D eigenvalue weighted by atomic mass is 32.2. The Hall–Kier alpha value is -2.18. The van der Waals surface area contributed by atoms with Crippen molar-refractivity contribution in [2.75, 3.05) is 21.9 Å². The molecule has 1 aliphatic rings. The Bertz CT molecular complexity index is 1130. The molecule has 1 unspecified atom stereocenters. The van der Waals surface area contributed by atoms with Crippen LogP contribution in [0.25, 0.3) is 0 Å². The number of methoxy groups -OCH3 is 1. The van der Waals surface area contributed by atoms with Crippen molar-refractivity contribution in [3.63, 3.8) is 0 Å².